The highest BCUT2D eigenvalue weighted by Crippen LogP contribution is 2.33. The number of likely N-dealkylation sites (tertiary alicyclic amines) is 1. The highest BCUT2D eigenvalue weighted by molar-refractivity contribution is 6.29. The zero-order valence-corrected chi connectivity index (χ0v) is 24.9. The monoisotopic (exact) mass is 584 g/mol. The lowest BCUT2D eigenvalue weighted by Crippen LogP contribution is -2.39. The molecule has 3 heterocycles. The third kappa shape index (κ3) is 7.46. The van der Waals surface area contributed by atoms with Gasteiger partial charge in [0.25, 0.3) is 5.91 Å². The topological polar surface area (TPSA) is 118 Å². The van der Waals surface area contributed by atoms with E-state index >= 15 is 0 Å². The molecule has 0 saturated carbocycles. The van der Waals surface area contributed by atoms with Gasteiger partial charge in [-0.05, 0) is 51.7 Å². The summed E-state index contributed by atoms with van der Waals surface area (Å²) in [4.78, 5) is 46.1. The van der Waals surface area contributed by atoms with Crippen molar-refractivity contribution < 1.29 is 23.9 Å². The van der Waals surface area contributed by atoms with Crippen LogP contribution in [-0.2, 0) is 20.7 Å². The smallest absolute Gasteiger partial charge is 0.407 e. The van der Waals surface area contributed by atoms with Gasteiger partial charge in [-0.1, -0.05) is 29.8 Å². The molecule has 1 aromatic carbocycles. The van der Waals surface area contributed by atoms with Crippen molar-refractivity contribution in [3.8, 4) is 0 Å². The zero-order chi connectivity index (χ0) is 29.7. The minimum Gasteiger partial charge on any atom is -0.469 e. The molecule has 1 aliphatic rings. The van der Waals surface area contributed by atoms with Crippen LogP contribution >= 0.6 is 11.6 Å². The summed E-state index contributed by atoms with van der Waals surface area (Å²) in [5.74, 6) is 0.138. The lowest BCUT2D eigenvalue weighted by molar-refractivity contribution is -0.139. The lowest BCUT2D eigenvalue weighted by atomic mass is 9.96. The van der Waals surface area contributed by atoms with Crippen molar-refractivity contribution in [2.24, 2.45) is 0 Å². The van der Waals surface area contributed by atoms with Crippen molar-refractivity contribution in [1.29, 1.82) is 0 Å². The lowest BCUT2D eigenvalue weighted by Gasteiger charge is -2.35. The van der Waals surface area contributed by atoms with E-state index in [0.717, 1.165) is 19.3 Å². The molecule has 4 rings (SSSR count). The number of likely N-dealkylation sites (N-methyl/N-ethyl adjacent to an activating group) is 1. The number of hydrogen-bond acceptors (Lipinski definition) is 8. The molecule has 3 aromatic rings. The molecule has 2 aromatic heterocycles. The van der Waals surface area contributed by atoms with Gasteiger partial charge < -0.3 is 24.6 Å². The fraction of sp³-hybridized carbons (Fsp3) is 0.483. The molecule has 0 unspecified atom stereocenters. The summed E-state index contributed by atoms with van der Waals surface area (Å²) in [5, 5.41) is 7.94. The van der Waals surface area contributed by atoms with Gasteiger partial charge in [0.15, 0.2) is 5.65 Å². The fourth-order valence-electron chi connectivity index (χ4n) is 4.88. The van der Waals surface area contributed by atoms with Crippen molar-refractivity contribution in [3.63, 3.8) is 0 Å². The zero-order valence-electron chi connectivity index (χ0n) is 24.1. The maximum atomic E-state index is 13.8. The molecule has 1 fully saturated rings. The average Bonchev–Trinajstić information content (AvgIpc) is 3.35. The number of carbonyl (C=O) groups excluding carboxylic acids is 3. The summed E-state index contributed by atoms with van der Waals surface area (Å²) in [7, 11) is 3.21. The number of piperidine rings is 1. The fourth-order valence-corrected chi connectivity index (χ4v) is 5.07. The number of amides is 2. The van der Waals surface area contributed by atoms with Crippen LogP contribution in [0.5, 0.6) is 0 Å². The standard InChI is InChI=1S/C29H37ClN6O5/c1-29(2,3)41-28(39)31-13-15-34(4)25-18-23(30)32-24-17-21(33-36(24)25)22-12-8-9-14-35(22)27(38)20-11-7-6-10-19(20)16-26(37)40-5/h6-7,10-11,17-18,22H,8-9,12-16H2,1-5H3,(H,31,39)/t22-/m0/s1. The van der Waals surface area contributed by atoms with E-state index in [9.17, 15) is 14.4 Å². The van der Waals surface area contributed by atoms with E-state index < -0.39 is 17.7 Å². The Bertz CT molecular complexity index is 1420. The third-order valence-corrected chi connectivity index (χ3v) is 7.01. The van der Waals surface area contributed by atoms with Gasteiger partial charge in [-0.25, -0.2) is 9.78 Å². The number of anilines is 1. The van der Waals surface area contributed by atoms with Crippen LogP contribution in [0.4, 0.5) is 10.6 Å². The van der Waals surface area contributed by atoms with E-state index in [1.54, 1.807) is 34.8 Å². The van der Waals surface area contributed by atoms with Crippen LogP contribution in [0.3, 0.4) is 0 Å². The quantitative estimate of drug-likeness (QED) is 0.305. The molecule has 0 aliphatic carbocycles. The maximum Gasteiger partial charge on any atom is 0.407 e. The van der Waals surface area contributed by atoms with Gasteiger partial charge in [0.2, 0.25) is 0 Å². The molecule has 220 valence electrons. The SMILES string of the molecule is COC(=O)Cc1ccccc1C(=O)N1CCCC[C@H]1c1cc2nc(Cl)cc(N(C)CCNC(=O)OC(C)(C)C)n2n1. The molecule has 12 heteroatoms. The molecule has 1 saturated heterocycles. The molecule has 1 N–H and O–H groups in total. The van der Waals surface area contributed by atoms with E-state index in [1.807, 2.05) is 43.7 Å². The number of aromatic nitrogens is 3. The van der Waals surface area contributed by atoms with Crippen molar-refractivity contribution >= 4 is 41.0 Å². The number of fused-ring (bicyclic) bond motifs is 1. The number of hydrogen-bond donors (Lipinski definition) is 1. The van der Waals surface area contributed by atoms with E-state index in [0.29, 0.717) is 53.1 Å². The molecular formula is C29H37ClN6O5. The molecular weight excluding hydrogens is 548 g/mol. The normalized spacial score (nSPS) is 15.5. The minimum absolute atomic E-state index is 0.0200. The van der Waals surface area contributed by atoms with Crippen LogP contribution in [-0.4, -0.2) is 76.9 Å². The van der Waals surface area contributed by atoms with Crippen LogP contribution in [0.1, 0.15) is 67.7 Å². The first-order chi connectivity index (χ1) is 19.5. The molecule has 0 bridgehead atoms. The summed E-state index contributed by atoms with van der Waals surface area (Å²) < 4.78 is 11.8. The van der Waals surface area contributed by atoms with Crippen molar-refractivity contribution in [2.45, 2.75) is 58.1 Å². The highest BCUT2D eigenvalue weighted by atomic mass is 35.5. The highest BCUT2D eigenvalue weighted by Gasteiger charge is 2.32. The predicted molar refractivity (Wildman–Crippen MR) is 155 cm³/mol. The Morgan fingerprint density at radius 3 is 2.66 bits per heavy atom. The van der Waals surface area contributed by atoms with Gasteiger partial charge in [-0.2, -0.15) is 9.61 Å². The van der Waals surface area contributed by atoms with Crippen LogP contribution in [0.25, 0.3) is 5.65 Å². The first kappa shape index (κ1) is 30.1. The summed E-state index contributed by atoms with van der Waals surface area (Å²) in [6.45, 7) is 6.82. The van der Waals surface area contributed by atoms with Crippen LogP contribution in [0.15, 0.2) is 36.4 Å². The Balaban J connectivity index is 1.57. The minimum atomic E-state index is -0.579. The second-order valence-electron chi connectivity index (χ2n) is 11.0. The first-order valence-electron chi connectivity index (χ1n) is 13.7. The molecule has 41 heavy (non-hydrogen) atoms. The van der Waals surface area contributed by atoms with E-state index in [1.165, 1.54) is 7.11 Å². The second kappa shape index (κ2) is 12.8. The molecule has 1 atom stereocenters. The Morgan fingerprint density at radius 2 is 1.93 bits per heavy atom. The van der Waals surface area contributed by atoms with Crippen molar-refractivity contribution in [2.75, 3.05) is 38.7 Å². The number of ether oxygens (including phenoxy) is 2. The van der Waals surface area contributed by atoms with Gasteiger partial charge in [0.05, 0.1) is 25.3 Å². The number of alkyl carbamates (subject to hydrolysis) is 1. The molecule has 1 aliphatic heterocycles. The number of benzene rings is 1. The van der Waals surface area contributed by atoms with Crippen LogP contribution < -0.4 is 10.2 Å². The summed E-state index contributed by atoms with van der Waals surface area (Å²) in [6, 6.07) is 10.4. The molecule has 2 amide bonds. The Kier molecular flexibility index (Phi) is 9.37. The summed E-state index contributed by atoms with van der Waals surface area (Å²) in [6.07, 6.45) is 2.10. The maximum absolute atomic E-state index is 13.8. The molecule has 11 nitrogen and oxygen atoms in total. The summed E-state index contributed by atoms with van der Waals surface area (Å²) in [5.41, 5.74) is 1.79. The van der Waals surface area contributed by atoms with Gasteiger partial charge in [-0.15, -0.1) is 0 Å². The number of esters is 1. The predicted octanol–water partition coefficient (Wildman–Crippen LogP) is 4.43. The van der Waals surface area contributed by atoms with Gasteiger partial charge in [0, 0.05) is 44.4 Å². The number of methoxy groups -OCH3 is 1. The first-order valence-corrected chi connectivity index (χ1v) is 14.0. The largest absolute Gasteiger partial charge is 0.469 e. The van der Waals surface area contributed by atoms with E-state index in [-0.39, 0.29) is 18.4 Å². The van der Waals surface area contributed by atoms with Crippen molar-refractivity contribution in [1.82, 2.24) is 24.8 Å². The molecule has 0 radical (unpaired) electrons. The molecule has 0 spiro atoms. The van der Waals surface area contributed by atoms with Crippen LogP contribution in [0, 0.1) is 0 Å². The van der Waals surface area contributed by atoms with Crippen LogP contribution in [0.2, 0.25) is 5.15 Å². The number of nitrogens with one attached hydrogen (secondary N) is 1. The summed E-state index contributed by atoms with van der Waals surface area (Å²) >= 11 is 6.38. The Labute approximate surface area is 244 Å². The number of nitrogens with zero attached hydrogens (tertiary/aromatic N) is 5. The number of halogens is 1. The van der Waals surface area contributed by atoms with Gasteiger partial charge in [-0.3, -0.25) is 9.59 Å². The Hall–Kier alpha value is -3.86. The Morgan fingerprint density at radius 1 is 1.17 bits per heavy atom. The van der Waals surface area contributed by atoms with Crippen molar-refractivity contribution in [3.05, 3.63) is 58.4 Å². The van der Waals surface area contributed by atoms with E-state index in [2.05, 4.69) is 10.3 Å². The van der Waals surface area contributed by atoms with Gasteiger partial charge in [0.1, 0.15) is 16.6 Å². The second-order valence-corrected chi connectivity index (χ2v) is 11.4. The van der Waals surface area contributed by atoms with E-state index in [4.69, 9.17) is 26.2 Å². The number of rotatable bonds is 8. The van der Waals surface area contributed by atoms with Gasteiger partial charge >= 0.3 is 12.1 Å². The number of carbonyl (C=O) groups is 3. The third-order valence-electron chi connectivity index (χ3n) is 6.82. The average molecular weight is 585 g/mol.